The van der Waals surface area contributed by atoms with Gasteiger partial charge in [-0.15, -0.1) is 0 Å². The molecule has 0 aromatic carbocycles. The third-order valence-corrected chi connectivity index (χ3v) is 3.51. The van der Waals surface area contributed by atoms with Crippen LogP contribution >= 0.6 is 0 Å². The van der Waals surface area contributed by atoms with Gasteiger partial charge in [-0.05, 0) is 12.0 Å². The summed E-state index contributed by atoms with van der Waals surface area (Å²) in [5.74, 6) is 0.784. The fraction of sp³-hybridized carbons (Fsp3) is 0.455. The summed E-state index contributed by atoms with van der Waals surface area (Å²) in [6, 6.07) is 1.77. The Kier molecular flexibility index (Phi) is 4.61. The van der Waals surface area contributed by atoms with Gasteiger partial charge in [-0.25, -0.2) is 0 Å². The van der Waals surface area contributed by atoms with Gasteiger partial charge in [0.2, 0.25) is 0 Å². The minimum atomic E-state index is -1.04. The molecule has 1 aromatic rings. The van der Waals surface area contributed by atoms with Crippen LogP contribution in [0.5, 0.6) is 0 Å². The van der Waals surface area contributed by atoms with E-state index < -0.39 is 10.8 Å². The molecule has 0 fully saturated rings. The first-order valence-corrected chi connectivity index (χ1v) is 6.47. The van der Waals surface area contributed by atoms with Crippen LogP contribution in [0.25, 0.3) is 0 Å². The lowest BCUT2D eigenvalue weighted by atomic mass is 10.1. The molecule has 1 atom stereocenters. The average molecular weight is 240 g/mol. The normalized spacial score (nSPS) is 13.5. The molecule has 0 radical (unpaired) electrons. The van der Waals surface area contributed by atoms with Gasteiger partial charge < -0.3 is 5.21 Å². The zero-order chi connectivity index (χ0) is 12.1. The van der Waals surface area contributed by atoms with E-state index in [0.29, 0.717) is 11.3 Å². The molecule has 0 aliphatic carbocycles. The SMILES string of the molecule is CCS(=O)c1cc(/C=N/O)cnc1C(C)C. The van der Waals surface area contributed by atoms with Crippen LogP contribution in [-0.2, 0) is 10.8 Å². The minimum absolute atomic E-state index is 0.227. The zero-order valence-corrected chi connectivity index (χ0v) is 10.5. The summed E-state index contributed by atoms with van der Waals surface area (Å²) >= 11 is 0. The average Bonchev–Trinajstić information content (AvgIpc) is 2.28. The number of oxime groups is 1. The van der Waals surface area contributed by atoms with Crippen molar-refractivity contribution in [3.63, 3.8) is 0 Å². The van der Waals surface area contributed by atoms with Gasteiger partial charge in [-0.3, -0.25) is 9.19 Å². The topological polar surface area (TPSA) is 62.5 Å². The third-order valence-electron chi connectivity index (χ3n) is 2.16. The predicted octanol–water partition coefficient (Wildman–Crippen LogP) is 2.14. The Bertz CT molecular complexity index is 416. The Balaban J connectivity index is 3.26. The van der Waals surface area contributed by atoms with E-state index in [1.165, 1.54) is 6.21 Å². The van der Waals surface area contributed by atoms with Crippen LogP contribution in [0.4, 0.5) is 0 Å². The number of pyridine rings is 1. The summed E-state index contributed by atoms with van der Waals surface area (Å²) in [4.78, 5) is 5.00. The molecule has 0 spiro atoms. The first kappa shape index (κ1) is 12.8. The summed E-state index contributed by atoms with van der Waals surface area (Å²) in [5, 5.41) is 11.4. The highest BCUT2D eigenvalue weighted by molar-refractivity contribution is 7.85. The monoisotopic (exact) mass is 240 g/mol. The molecule has 0 amide bonds. The molecule has 1 rings (SSSR count). The Morgan fingerprint density at radius 2 is 2.31 bits per heavy atom. The first-order chi connectivity index (χ1) is 7.60. The molecule has 1 unspecified atom stereocenters. The van der Waals surface area contributed by atoms with Crippen molar-refractivity contribution in [2.75, 3.05) is 5.75 Å². The molecular formula is C11H16N2O2S. The molecular weight excluding hydrogens is 224 g/mol. The largest absolute Gasteiger partial charge is 0.411 e. The third kappa shape index (κ3) is 2.88. The van der Waals surface area contributed by atoms with Gasteiger partial charge in [-0.2, -0.15) is 0 Å². The second-order valence-corrected chi connectivity index (χ2v) is 5.39. The highest BCUT2D eigenvalue weighted by Crippen LogP contribution is 2.21. The van der Waals surface area contributed by atoms with Gasteiger partial charge in [0.05, 0.1) is 27.6 Å². The van der Waals surface area contributed by atoms with E-state index in [2.05, 4.69) is 10.1 Å². The van der Waals surface area contributed by atoms with Gasteiger partial charge in [0.15, 0.2) is 0 Å². The van der Waals surface area contributed by atoms with Crippen molar-refractivity contribution in [2.24, 2.45) is 5.16 Å². The molecule has 4 nitrogen and oxygen atoms in total. The summed E-state index contributed by atoms with van der Waals surface area (Å²) in [7, 11) is -1.04. The Morgan fingerprint density at radius 3 is 2.81 bits per heavy atom. The molecule has 5 heteroatoms. The molecule has 0 aliphatic rings. The number of hydrogen-bond acceptors (Lipinski definition) is 4. The molecule has 0 saturated carbocycles. The van der Waals surface area contributed by atoms with Crippen molar-refractivity contribution in [3.8, 4) is 0 Å². The summed E-state index contributed by atoms with van der Waals surface area (Å²) in [5.41, 5.74) is 1.50. The lowest BCUT2D eigenvalue weighted by Crippen LogP contribution is -2.05. The van der Waals surface area contributed by atoms with E-state index in [4.69, 9.17) is 5.21 Å². The molecule has 1 heterocycles. The Morgan fingerprint density at radius 1 is 1.62 bits per heavy atom. The van der Waals surface area contributed by atoms with Crippen LogP contribution in [0.15, 0.2) is 22.3 Å². The fourth-order valence-corrected chi connectivity index (χ4v) is 2.48. The highest BCUT2D eigenvalue weighted by Gasteiger charge is 2.13. The van der Waals surface area contributed by atoms with Crippen LogP contribution in [0.1, 0.15) is 37.9 Å². The standard InChI is InChI=1S/C11H16N2O2S/c1-4-16(15)10-5-9(7-13-14)6-12-11(10)8(2)3/h5-8,14H,4H2,1-3H3/b13-7+. The van der Waals surface area contributed by atoms with Crippen LogP contribution < -0.4 is 0 Å². The quantitative estimate of drug-likeness (QED) is 0.498. The van der Waals surface area contributed by atoms with Crippen molar-refractivity contribution < 1.29 is 9.42 Å². The van der Waals surface area contributed by atoms with Crippen molar-refractivity contribution >= 4 is 17.0 Å². The van der Waals surface area contributed by atoms with E-state index >= 15 is 0 Å². The summed E-state index contributed by atoms with van der Waals surface area (Å²) in [6.45, 7) is 5.89. The van der Waals surface area contributed by atoms with E-state index in [1.54, 1.807) is 12.3 Å². The minimum Gasteiger partial charge on any atom is -0.411 e. The van der Waals surface area contributed by atoms with Crippen LogP contribution in [0.2, 0.25) is 0 Å². The molecule has 0 bridgehead atoms. The van der Waals surface area contributed by atoms with Crippen molar-refractivity contribution in [3.05, 3.63) is 23.5 Å². The van der Waals surface area contributed by atoms with E-state index in [-0.39, 0.29) is 5.92 Å². The maximum atomic E-state index is 11.9. The van der Waals surface area contributed by atoms with Crippen LogP contribution in [0, 0.1) is 0 Å². The van der Waals surface area contributed by atoms with Gasteiger partial charge in [0.1, 0.15) is 0 Å². The van der Waals surface area contributed by atoms with Gasteiger partial charge in [-0.1, -0.05) is 25.9 Å². The van der Waals surface area contributed by atoms with E-state index in [9.17, 15) is 4.21 Å². The number of aromatic nitrogens is 1. The summed E-state index contributed by atoms with van der Waals surface area (Å²) in [6.07, 6.45) is 2.90. The Hall–Kier alpha value is -1.23. The highest BCUT2D eigenvalue weighted by atomic mass is 32.2. The van der Waals surface area contributed by atoms with Gasteiger partial charge >= 0.3 is 0 Å². The second kappa shape index (κ2) is 5.75. The molecule has 0 saturated heterocycles. The molecule has 88 valence electrons. The van der Waals surface area contributed by atoms with Crippen LogP contribution in [-0.4, -0.2) is 26.4 Å². The number of nitrogens with zero attached hydrogens (tertiary/aromatic N) is 2. The maximum Gasteiger partial charge on any atom is 0.0749 e. The summed E-state index contributed by atoms with van der Waals surface area (Å²) < 4.78 is 11.9. The number of hydrogen-bond donors (Lipinski definition) is 1. The first-order valence-electron chi connectivity index (χ1n) is 5.15. The Labute approximate surface area is 97.9 Å². The second-order valence-electron chi connectivity index (χ2n) is 3.69. The number of rotatable bonds is 4. The van der Waals surface area contributed by atoms with Gasteiger partial charge in [0, 0.05) is 17.5 Å². The van der Waals surface area contributed by atoms with Gasteiger partial charge in [0.25, 0.3) is 0 Å². The molecule has 0 aliphatic heterocycles. The van der Waals surface area contributed by atoms with Crippen molar-refractivity contribution in [1.82, 2.24) is 4.98 Å². The van der Waals surface area contributed by atoms with Crippen molar-refractivity contribution in [2.45, 2.75) is 31.6 Å². The predicted molar refractivity (Wildman–Crippen MR) is 64.7 cm³/mol. The lowest BCUT2D eigenvalue weighted by Gasteiger charge is -2.10. The van der Waals surface area contributed by atoms with E-state index in [1.807, 2.05) is 20.8 Å². The fourth-order valence-electron chi connectivity index (χ4n) is 1.38. The zero-order valence-electron chi connectivity index (χ0n) is 9.67. The smallest absolute Gasteiger partial charge is 0.0749 e. The van der Waals surface area contributed by atoms with E-state index in [0.717, 1.165) is 10.6 Å². The molecule has 16 heavy (non-hydrogen) atoms. The molecule has 1 N–H and O–H groups in total. The van der Waals surface area contributed by atoms with Crippen LogP contribution in [0.3, 0.4) is 0 Å². The van der Waals surface area contributed by atoms with Crippen molar-refractivity contribution in [1.29, 1.82) is 0 Å². The maximum absolute atomic E-state index is 11.9. The lowest BCUT2D eigenvalue weighted by molar-refractivity contribution is 0.322. The molecule has 1 aromatic heterocycles.